The molecule has 2 aliphatic rings. The number of amides is 1. The fraction of sp³-hybridized carbons (Fsp3) is 0.591. The predicted molar refractivity (Wildman–Crippen MR) is 110 cm³/mol. The molecule has 7 nitrogen and oxygen atoms in total. The topological polar surface area (TPSA) is 87.2 Å². The van der Waals surface area contributed by atoms with E-state index in [4.69, 9.17) is 9.90 Å². The van der Waals surface area contributed by atoms with Crippen LogP contribution in [0.5, 0.6) is 0 Å². The van der Waals surface area contributed by atoms with E-state index >= 15 is 0 Å². The van der Waals surface area contributed by atoms with E-state index in [-0.39, 0.29) is 36.1 Å². The molecule has 3 rings (SSSR count). The molecule has 1 N–H and O–H groups in total. The zero-order valence-electron chi connectivity index (χ0n) is 18.4. The molecule has 1 spiro atoms. The summed E-state index contributed by atoms with van der Waals surface area (Å²) in [7, 11) is 1.34. The Morgan fingerprint density at radius 1 is 1.12 bits per heavy atom. The monoisotopic (exact) mass is 476 g/mol. The number of hydrogen-bond acceptors (Lipinski definition) is 5. The first-order valence-electron chi connectivity index (χ1n) is 10.6. The second kappa shape index (κ2) is 11.4. The van der Waals surface area contributed by atoms with Gasteiger partial charge in [0, 0.05) is 31.6 Å². The molecule has 1 amide bonds. The maximum Gasteiger partial charge on any atom is 0.490 e. The number of alkyl halides is 3. The molecule has 0 aliphatic carbocycles. The van der Waals surface area contributed by atoms with E-state index < -0.39 is 12.1 Å². The van der Waals surface area contributed by atoms with Gasteiger partial charge in [0.1, 0.15) is 5.82 Å². The first kappa shape index (κ1) is 26.6. The van der Waals surface area contributed by atoms with E-state index in [2.05, 4.69) is 9.64 Å². The lowest BCUT2D eigenvalue weighted by Crippen LogP contribution is -2.56. The average Bonchev–Trinajstić information content (AvgIpc) is 3.12. The summed E-state index contributed by atoms with van der Waals surface area (Å²) in [5.74, 6) is -3.29. The Morgan fingerprint density at radius 2 is 1.76 bits per heavy atom. The molecule has 11 heteroatoms. The van der Waals surface area contributed by atoms with E-state index in [1.807, 2.05) is 11.0 Å². The van der Waals surface area contributed by atoms with Crippen molar-refractivity contribution in [1.29, 1.82) is 0 Å². The lowest BCUT2D eigenvalue weighted by Gasteiger charge is -2.46. The zero-order valence-corrected chi connectivity index (χ0v) is 18.4. The Labute approximate surface area is 189 Å². The van der Waals surface area contributed by atoms with Crippen LogP contribution >= 0.6 is 0 Å². The number of benzene rings is 1. The molecule has 2 saturated heterocycles. The average molecular weight is 476 g/mol. The normalized spacial score (nSPS) is 20.8. The van der Waals surface area contributed by atoms with Crippen molar-refractivity contribution in [1.82, 2.24) is 9.80 Å². The predicted octanol–water partition coefficient (Wildman–Crippen LogP) is 3.37. The number of halogens is 4. The summed E-state index contributed by atoms with van der Waals surface area (Å²) in [6.45, 7) is 3.13. The molecular weight excluding hydrogens is 448 g/mol. The van der Waals surface area contributed by atoms with Crippen LogP contribution < -0.4 is 0 Å². The van der Waals surface area contributed by atoms with Gasteiger partial charge >= 0.3 is 18.1 Å². The van der Waals surface area contributed by atoms with Crippen molar-refractivity contribution >= 4 is 17.8 Å². The molecule has 0 radical (unpaired) electrons. The number of esters is 1. The number of hydrogen-bond donors (Lipinski definition) is 1. The molecule has 1 aromatic carbocycles. The zero-order chi connectivity index (χ0) is 24.6. The summed E-state index contributed by atoms with van der Waals surface area (Å²) in [6, 6.07) is 6.76. The summed E-state index contributed by atoms with van der Waals surface area (Å²) < 4.78 is 49.9. The van der Waals surface area contributed by atoms with Gasteiger partial charge in [-0.1, -0.05) is 12.1 Å². The van der Waals surface area contributed by atoms with Gasteiger partial charge in [-0.05, 0) is 49.9 Å². The Morgan fingerprint density at radius 3 is 2.33 bits per heavy atom. The van der Waals surface area contributed by atoms with Crippen molar-refractivity contribution in [2.24, 2.45) is 0 Å². The molecule has 2 fully saturated rings. The van der Waals surface area contributed by atoms with E-state index in [9.17, 15) is 27.2 Å². The summed E-state index contributed by atoms with van der Waals surface area (Å²) in [4.78, 5) is 37.0. The summed E-state index contributed by atoms with van der Waals surface area (Å²) in [5.41, 5.74) is 0.950. The number of nitrogens with zero attached hydrogens (tertiary/aromatic N) is 2. The van der Waals surface area contributed by atoms with Crippen molar-refractivity contribution < 1.29 is 41.8 Å². The molecule has 0 bridgehead atoms. The quantitative estimate of drug-likeness (QED) is 0.518. The molecule has 0 aromatic heterocycles. The number of aliphatic carboxylic acids is 1. The van der Waals surface area contributed by atoms with Crippen LogP contribution in [0.15, 0.2) is 24.3 Å². The second-order valence-corrected chi connectivity index (χ2v) is 8.18. The summed E-state index contributed by atoms with van der Waals surface area (Å²) >= 11 is 0. The number of carbonyl (C=O) groups is 3. The number of rotatable bonds is 5. The van der Waals surface area contributed by atoms with Crippen molar-refractivity contribution in [3.05, 3.63) is 35.6 Å². The van der Waals surface area contributed by atoms with Gasteiger partial charge in [-0.3, -0.25) is 14.5 Å². The highest BCUT2D eigenvalue weighted by Gasteiger charge is 2.44. The van der Waals surface area contributed by atoms with Crippen molar-refractivity contribution in [2.45, 2.75) is 56.8 Å². The molecule has 1 unspecified atom stereocenters. The number of methoxy groups -OCH3 is 1. The third kappa shape index (κ3) is 7.69. The van der Waals surface area contributed by atoms with E-state index in [1.54, 1.807) is 12.1 Å². The summed E-state index contributed by atoms with van der Waals surface area (Å²) in [6.07, 6.45) is -0.576. The SMILES string of the molecule is COC(=O)CCC(=O)N1CCCC2(CCCN2Cc2cccc(F)c2)C1.O=C(O)C(F)(F)F. The second-order valence-electron chi connectivity index (χ2n) is 8.18. The molecule has 184 valence electrons. The van der Waals surface area contributed by atoms with E-state index in [0.717, 1.165) is 44.3 Å². The lowest BCUT2D eigenvalue weighted by molar-refractivity contribution is -0.192. The van der Waals surface area contributed by atoms with Crippen LogP contribution in [0, 0.1) is 5.82 Å². The Balaban J connectivity index is 0.000000479. The number of ether oxygens (including phenoxy) is 1. The highest BCUT2D eigenvalue weighted by Crippen LogP contribution is 2.38. The van der Waals surface area contributed by atoms with Crippen molar-refractivity contribution in [3.63, 3.8) is 0 Å². The standard InChI is InChI=1S/C20H27FN2O3.C2HF3O2/c1-26-19(25)8-7-18(24)22-11-3-9-20(15-22)10-4-12-23(20)14-16-5-2-6-17(21)13-16;3-2(4,5)1(6)7/h2,5-6,13H,3-4,7-12,14-15H2,1H3;(H,6,7). The highest BCUT2D eigenvalue weighted by molar-refractivity contribution is 5.81. The molecule has 33 heavy (non-hydrogen) atoms. The molecular formula is C22H28F4N2O5. The van der Waals surface area contributed by atoms with E-state index in [0.29, 0.717) is 13.1 Å². The van der Waals surface area contributed by atoms with Crippen LogP contribution in [-0.2, 0) is 25.7 Å². The van der Waals surface area contributed by atoms with E-state index in [1.165, 1.54) is 13.2 Å². The minimum Gasteiger partial charge on any atom is -0.475 e. The summed E-state index contributed by atoms with van der Waals surface area (Å²) in [5, 5.41) is 7.12. The number of carboxylic acid groups (broad SMARTS) is 1. The maximum atomic E-state index is 13.5. The minimum atomic E-state index is -5.08. The fourth-order valence-corrected chi connectivity index (χ4v) is 4.35. The van der Waals surface area contributed by atoms with Gasteiger partial charge in [-0.2, -0.15) is 13.2 Å². The molecule has 2 aliphatic heterocycles. The van der Waals surface area contributed by atoms with Gasteiger partial charge in [0.2, 0.25) is 5.91 Å². The van der Waals surface area contributed by atoms with Crippen LogP contribution in [0.1, 0.15) is 44.1 Å². The number of piperidine rings is 1. The third-order valence-corrected chi connectivity index (χ3v) is 5.92. The van der Waals surface area contributed by atoms with Crippen LogP contribution in [0.3, 0.4) is 0 Å². The van der Waals surface area contributed by atoms with Crippen LogP contribution in [-0.4, -0.2) is 71.2 Å². The Hall–Kier alpha value is -2.69. The third-order valence-electron chi connectivity index (χ3n) is 5.92. The highest BCUT2D eigenvalue weighted by atomic mass is 19.4. The lowest BCUT2D eigenvalue weighted by atomic mass is 9.86. The first-order chi connectivity index (χ1) is 15.5. The minimum absolute atomic E-state index is 0.0204. The van der Waals surface area contributed by atoms with Gasteiger partial charge in [-0.25, -0.2) is 9.18 Å². The molecule has 0 saturated carbocycles. The van der Waals surface area contributed by atoms with Gasteiger partial charge in [0.15, 0.2) is 0 Å². The Bertz CT molecular complexity index is 848. The van der Waals surface area contributed by atoms with Gasteiger partial charge in [0.05, 0.1) is 13.5 Å². The van der Waals surface area contributed by atoms with Crippen LogP contribution in [0.4, 0.5) is 17.6 Å². The fourth-order valence-electron chi connectivity index (χ4n) is 4.35. The number of likely N-dealkylation sites (tertiary alicyclic amines) is 2. The Kier molecular flexibility index (Phi) is 9.21. The van der Waals surface area contributed by atoms with Gasteiger partial charge in [-0.15, -0.1) is 0 Å². The molecule has 1 atom stereocenters. The number of carboxylic acids is 1. The van der Waals surface area contributed by atoms with Crippen molar-refractivity contribution in [3.8, 4) is 0 Å². The van der Waals surface area contributed by atoms with Gasteiger partial charge in [0.25, 0.3) is 0 Å². The van der Waals surface area contributed by atoms with Gasteiger partial charge < -0.3 is 14.7 Å². The van der Waals surface area contributed by atoms with Crippen molar-refractivity contribution in [2.75, 3.05) is 26.7 Å². The first-order valence-corrected chi connectivity index (χ1v) is 10.6. The smallest absolute Gasteiger partial charge is 0.475 e. The maximum absolute atomic E-state index is 13.5. The molecule has 1 aromatic rings. The van der Waals surface area contributed by atoms with Crippen LogP contribution in [0.25, 0.3) is 0 Å². The number of carbonyl (C=O) groups excluding carboxylic acids is 2. The molecule has 2 heterocycles. The van der Waals surface area contributed by atoms with Crippen LogP contribution in [0.2, 0.25) is 0 Å². The largest absolute Gasteiger partial charge is 0.490 e.